The molecule has 1 aromatic heterocycles. The number of nitrogens with one attached hydrogen (secondary N) is 2. The summed E-state index contributed by atoms with van der Waals surface area (Å²) >= 11 is 0. The Balaban J connectivity index is 1.36. The van der Waals surface area contributed by atoms with Crippen molar-refractivity contribution in [3.63, 3.8) is 0 Å². The first kappa shape index (κ1) is 25.4. The van der Waals surface area contributed by atoms with Gasteiger partial charge >= 0.3 is 0 Å². The van der Waals surface area contributed by atoms with Crippen LogP contribution < -0.4 is 15.5 Å². The van der Waals surface area contributed by atoms with Crippen molar-refractivity contribution in [3.05, 3.63) is 89.7 Å². The zero-order chi connectivity index (χ0) is 26.3. The number of rotatable bonds is 5. The fraction of sp³-hybridized carbons (Fsp3) is 0.310. The fourth-order valence-electron chi connectivity index (χ4n) is 4.88. The van der Waals surface area contributed by atoms with Crippen molar-refractivity contribution in [1.29, 1.82) is 0 Å². The van der Waals surface area contributed by atoms with Gasteiger partial charge in [-0.3, -0.25) is 19.4 Å². The van der Waals surface area contributed by atoms with Crippen LogP contribution in [0.4, 0.5) is 11.4 Å². The highest BCUT2D eigenvalue weighted by Gasteiger charge is 2.25. The van der Waals surface area contributed by atoms with E-state index in [-0.39, 0.29) is 17.7 Å². The average molecular weight is 513 g/mol. The highest BCUT2D eigenvalue weighted by molar-refractivity contribution is 6.07. The van der Waals surface area contributed by atoms with Crippen molar-refractivity contribution < 1.29 is 14.4 Å². The van der Waals surface area contributed by atoms with Crippen molar-refractivity contribution >= 4 is 29.1 Å². The van der Waals surface area contributed by atoms with Crippen LogP contribution in [0, 0.1) is 0 Å². The molecule has 0 aliphatic carbocycles. The first-order valence-corrected chi connectivity index (χ1v) is 13.0. The molecule has 3 aromatic rings. The predicted molar refractivity (Wildman–Crippen MR) is 147 cm³/mol. The lowest BCUT2D eigenvalue weighted by Gasteiger charge is -2.37. The normalized spacial score (nSPS) is 16.1. The smallest absolute Gasteiger partial charge is 0.255 e. The van der Waals surface area contributed by atoms with E-state index in [4.69, 9.17) is 0 Å². The predicted octanol–water partition coefficient (Wildman–Crippen LogP) is 2.73. The van der Waals surface area contributed by atoms with Gasteiger partial charge < -0.3 is 25.3 Å². The van der Waals surface area contributed by atoms with Crippen LogP contribution in [-0.2, 0) is 0 Å². The largest absolute Gasteiger partial charge is 0.366 e. The van der Waals surface area contributed by atoms with Gasteiger partial charge in [0.1, 0.15) is 0 Å². The second-order valence-corrected chi connectivity index (χ2v) is 9.47. The van der Waals surface area contributed by atoms with E-state index < -0.39 is 0 Å². The molecule has 2 saturated heterocycles. The highest BCUT2D eigenvalue weighted by Crippen LogP contribution is 2.30. The van der Waals surface area contributed by atoms with E-state index in [1.807, 2.05) is 40.1 Å². The number of aromatic nitrogens is 1. The van der Waals surface area contributed by atoms with Crippen LogP contribution in [-0.4, -0.2) is 84.9 Å². The number of hydrogen-bond acceptors (Lipinski definition) is 6. The third-order valence-electron chi connectivity index (χ3n) is 6.97. The molecular weight excluding hydrogens is 480 g/mol. The molecule has 0 saturated carbocycles. The Morgan fingerprint density at radius 1 is 0.737 bits per heavy atom. The summed E-state index contributed by atoms with van der Waals surface area (Å²) < 4.78 is 0. The van der Waals surface area contributed by atoms with Crippen molar-refractivity contribution in [3.8, 4) is 0 Å². The molecule has 3 amide bonds. The number of carbonyl (C=O) groups is 3. The summed E-state index contributed by atoms with van der Waals surface area (Å²) in [7, 11) is 0. The van der Waals surface area contributed by atoms with Gasteiger partial charge in [0.05, 0.1) is 16.9 Å². The van der Waals surface area contributed by atoms with Gasteiger partial charge in [-0.2, -0.15) is 0 Å². The van der Waals surface area contributed by atoms with E-state index in [2.05, 4.69) is 20.5 Å². The molecule has 0 unspecified atom stereocenters. The molecule has 2 N–H and O–H groups in total. The Morgan fingerprint density at radius 2 is 1.47 bits per heavy atom. The molecule has 2 aliphatic rings. The molecule has 9 nitrogen and oxygen atoms in total. The summed E-state index contributed by atoms with van der Waals surface area (Å²) in [5.74, 6) is -0.314. The van der Waals surface area contributed by atoms with Gasteiger partial charge in [0, 0.05) is 69.3 Å². The summed E-state index contributed by atoms with van der Waals surface area (Å²) in [6.07, 6.45) is 4.14. The average Bonchev–Trinajstić information content (AvgIpc) is 3.27. The standard InChI is InChI=1S/C29H32N6O3/c36-27(22-6-2-1-3-7-22)32-25-20-23(28(37)34-14-5-12-30-13-15-34)9-10-26(25)33-16-18-35(19-17-33)29(38)24-8-4-11-31-21-24/h1-4,6-11,20-21,30H,5,12-19H2,(H,32,36). The van der Waals surface area contributed by atoms with E-state index in [0.717, 1.165) is 25.2 Å². The Kier molecular flexibility index (Phi) is 7.94. The Morgan fingerprint density at radius 3 is 2.24 bits per heavy atom. The number of anilines is 2. The molecule has 2 aromatic carbocycles. The summed E-state index contributed by atoms with van der Waals surface area (Å²) in [5, 5.41) is 6.37. The van der Waals surface area contributed by atoms with Crippen molar-refractivity contribution in [1.82, 2.24) is 20.1 Å². The maximum absolute atomic E-state index is 13.3. The SMILES string of the molecule is O=C(Nc1cc(C(=O)N2CCCNCC2)ccc1N1CCN(C(=O)c2cccnc2)CC1)c1ccccc1. The molecule has 3 heterocycles. The number of nitrogens with zero attached hydrogens (tertiary/aromatic N) is 4. The minimum atomic E-state index is -0.235. The van der Waals surface area contributed by atoms with Crippen LogP contribution >= 0.6 is 0 Å². The van der Waals surface area contributed by atoms with Crippen LogP contribution in [0.25, 0.3) is 0 Å². The maximum atomic E-state index is 13.3. The molecule has 38 heavy (non-hydrogen) atoms. The van der Waals surface area contributed by atoms with E-state index in [9.17, 15) is 14.4 Å². The van der Waals surface area contributed by atoms with Gasteiger partial charge in [0.15, 0.2) is 0 Å². The highest BCUT2D eigenvalue weighted by atomic mass is 16.2. The van der Waals surface area contributed by atoms with Crippen molar-refractivity contribution in [2.45, 2.75) is 6.42 Å². The van der Waals surface area contributed by atoms with E-state index in [1.54, 1.807) is 42.7 Å². The summed E-state index contributed by atoms with van der Waals surface area (Å²) in [5.41, 5.74) is 3.08. The fourth-order valence-corrected chi connectivity index (χ4v) is 4.88. The number of piperazine rings is 1. The van der Waals surface area contributed by atoms with Crippen LogP contribution in [0.15, 0.2) is 73.1 Å². The third-order valence-corrected chi connectivity index (χ3v) is 6.97. The molecule has 0 atom stereocenters. The maximum Gasteiger partial charge on any atom is 0.255 e. The molecule has 0 spiro atoms. The Bertz CT molecular complexity index is 1270. The quantitative estimate of drug-likeness (QED) is 0.546. The van der Waals surface area contributed by atoms with Crippen molar-refractivity contribution in [2.75, 3.05) is 62.6 Å². The Labute approximate surface area is 222 Å². The zero-order valence-electron chi connectivity index (χ0n) is 21.3. The number of benzene rings is 2. The van der Waals surface area contributed by atoms with Gasteiger partial charge in [-0.1, -0.05) is 18.2 Å². The Hall–Kier alpha value is -4.24. The lowest BCUT2D eigenvalue weighted by molar-refractivity contribution is 0.0743. The van der Waals surface area contributed by atoms with E-state index in [0.29, 0.717) is 61.6 Å². The lowest BCUT2D eigenvalue weighted by Crippen LogP contribution is -2.49. The molecular formula is C29H32N6O3. The second-order valence-electron chi connectivity index (χ2n) is 9.47. The summed E-state index contributed by atoms with van der Waals surface area (Å²) in [6, 6.07) is 18.1. The van der Waals surface area contributed by atoms with Crippen LogP contribution in [0.5, 0.6) is 0 Å². The molecule has 196 valence electrons. The molecule has 0 bridgehead atoms. The second kappa shape index (κ2) is 11.9. The molecule has 0 radical (unpaired) electrons. The number of carbonyl (C=O) groups excluding carboxylic acids is 3. The van der Waals surface area contributed by atoms with E-state index in [1.165, 1.54) is 0 Å². The first-order chi connectivity index (χ1) is 18.6. The lowest BCUT2D eigenvalue weighted by atomic mass is 10.1. The molecule has 2 fully saturated rings. The van der Waals surface area contributed by atoms with Crippen LogP contribution in [0.2, 0.25) is 0 Å². The minimum Gasteiger partial charge on any atom is -0.366 e. The monoisotopic (exact) mass is 512 g/mol. The van der Waals surface area contributed by atoms with Gasteiger partial charge in [-0.05, 0) is 55.4 Å². The van der Waals surface area contributed by atoms with Crippen molar-refractivity contribution in [2.24, 2.45) is 0 Å². The number of pyridine rings is 1. The summed E-state index contributed by atoms with van der Waals surface area (Å²) in [6.45, 7) is 5.31. The van der Waals surface area contributed by atoms with Gasteiger partial charge in [-0.15, -0.1) is 0 Å². The van der Waals surface area contributed by atoms with Gasteiger partial charge in [0.2, 0.25) is 0 Å². The summed E-state index contributed by atoms with van der Waals surface area (Å²) in [4.78, 5) is 49.2. The van der Waals surface area contributed by atoms with Gasteiger partial charge in [-0.25, -0.2) is 0 Å². The number of hydrogen-bond donors (Lipinski definition) is 2. The first-order valence-electron chi connectivity index (χ1n) is 13.0. The third kappa shape index (κ3) is 5.84. The zero-order valence-corrected chi connectivity index (χ0v) is 21.3. The van der Waals surface area contributed by atoms with E-state index >= 15 is 0 Å². The van der Waals surface area contributed by atoms with Gasteiger partial charge in [0.25, 0.3) is 17.7 Å². The number of amides is 3. The molecule has 9 heteroatoms. The minimum absolute atomic E-state index is 0.0387. The molecule has 2 aliphatic heterocycles. The van der Waals surface area contributed by atoms with Crippen LogP contribution in [0.3, 0.4) is 0 Å². The molecule has 5 rings (SSSR count). The van der Waals surface area contributed by atoms with Crippen LogP contribution in [0.1, 0.15) is 37.5 Å². The topological polar surface area (TPSA) is 97.9 Å².